The molecule has 1 saturated heterocycles. The molecule has 1 fully saturated rings. The van der Waals surface area contributed by atoms with Crippen LogP contribution in [0.3, 0.4) is 0 Å². The molecule has 3 N–H and O–H groups in total. The lowest BCUT2D eigenvalue weighted by Gasteiger charge is -2.42. The largest absolute Gasteiger partial charge is 0.418 e. The normalized spacial score (nSPS) is 19.6. The van der Waals surface area contributed by atoms with Crippen LogP contribution >= 0.6 is 0 Å². The van der Waals surface area contributed by atoms with Crippen LogP contribution in [0.2, 0.25) is 0 Å². The van der Waals surface area contributed by atoms with Gasteiger partial charge in [-0.2, -0.15) is 13.2 Å². The zero-order chi connectivity index (χ0) is 23.6. The third-order valence-corrected chi connectivity index (χ3v) is 5.68. The maximum atomic E-state index is 13.7. The van der Waals surface area contributed by atoms with Gasteiger partial charge in [0.15, 0.2) is 0 Å². The minimum atomic E-state index is -4.72. The van der Waals surface area contributed by atoms with Crippen molar-refractivity contribution in [1.29, 1.82) is 0 Å². The van der Waals surface area contributed by atoms with Crippen molar-refractivity contribution in [3.8, 4) is 0 Å². The maximum absolute atomic E-state index is 13.7. The highest BCUT2D eigenvalue weighted by Crippen LogP contribution is 2.34. The summed E-state index contributed by atoms with van der Waals surface area (Å²) in [6.07, 6.45) is -2.42. The Labute approximate surface area is 186 Å². The Morgan fingerprint density at radius 2 is 1.94 bits per heavy atom. The molecule has 2 atom stereocenters. The Hall–Kier alpha value is -2.68. The summed E-state index contributed by atoms with van der Waals surface area (Å²) in [4.78, 5) is 23.1. The SMILES string of the molecule is CC(C)C[C@@H]1CN(c2ccc(C(F)(F)F)c(C(=O)c3cccnc3N)n2)C[C@H](C(C)C)N1. The Bertz CT molecular complexity index is 961. The van der Waals surface area contributed by atoms with E-state index >= 15 is 0 Å². The Morgan fingerprint density at radius 1 is 1.22 bits per heavy atom. The highest BCUT2D eigenvalue weighted by Gasteiger charge is 2.38. The predicted octanol–water partition coefficient (Wildman–Crippen LogP) is 4.16. The van der Waals surface area contributed by atoms with Crippen molar-refractivity contribution in [3.63, 3.8) is 0 Å². The van der Waals surface area contributed by atoms with E-state index in [4.69, 9.17) is 5.73 Å². The first-order valence-electron chi connectivity index (χ1n) is 10.8. The number of halogens is 3. The molecule has 3 heterocycles. The molecule has 0 spiro atoms. The number of ketones is 1. The molecule has 0 aromatic carbocycles. The fourth-order valence-corrected chi connectivity index (χ4v) is 4.05. The molecular formula is C23H30F3N5O. The van der Waals surface area contributed by atoms with Gasteiger partial charge in [0.1, 0.15) is 17.3 Å². The van der Waals surface area contributed by atoms with Crippen molar-refractivity contribution in [2.45, 2.75) is 52.4 Å². The monoisotopic (exact) mass is 449 g/mol. The van der Waals surface area contributed by atoms with Gasteiger partial charge in [-0.1, -0.05) is 27.7 Å². The van der Waals surface area contributed by atoms with Crippen molar-refractivity contribution >= 4 is 17.4 Å². The molecule has 1 aliphatic heterocycles. The highest BCUT2D eigenvalue weighted by atomic mass is 19.4. The minimum absolute atomic E-state index is 0.0966. The lowest BCUT2D eigenvalue weighted by molar-refractivity contribution is -0.138. The number of nitrogen functional groups attached to an aromatic ring is 1. The van der Waals surface area contributed by atoms with Gasteiger partial charge in [0.2, 0.25) is 5.78 Å². The van der Waals surface area contributed by atoms with Gasteiger partial charge in [0.05, 0.1) is 11.1 Å². The highest BCUT2D eigenvalue weighted by molar-refractivity contribution is 6.11. The summed E-state index contributed by atoms with van der Waals surface area (Å²) in [7, 11) is 0. The van der Waals surface area contributed by atoms with Crippen LogP contribution in [-0.4, -0.2) is 40.9 Å². The van der Waals surface area contributed by atoms with Crippen molar-refractivity contribution in [1.82, 2.24) is 15.3 Å². The number of pyridine rings is 2. The summed E-state index contributed by atoms with van der Waals surface area (Å²) in [6, 6.07) is 5.43. The van der Waals surface area contributed by atoms with Gasteiger partial charge in [-0.25, -0.2) is 9.97 Å². The molecule has 0 aliphatic carbocycles. The zero-order valence-corrected chi connectivity index (χ0v) is 18.8. The molecule has 174 valence electrons. The van der Waals surface area contributed by atoms with Gasteiger partial charge in [0.25, 0.3) is 0 Å². The van der Waals surface area contributed by atoms with E-state index in [1.807, 2.05) is 4.90 Å². The summed E-state index contributed by atoms with van der Waals surface area (Å²) in [6.45, 7) is 9.67. The van der Waals surface area contributed by atoms with Crippen LogP contribution in [0.1, 0.15) is 55.7 Å². The van der Waals surface area contributed by atoms with Crippen LogP contribution in [0, 0.1) is 11.8 Å². The van der Waals surface area contributed by atoms with E-state index in [9.17, 15) is 18.0 Å². The van der Waals surface area contributed by atoms with Gasteiger partial charge in [-0.3, -0.25) is 4.79 Å². The van der Waals surface area contributed by atoms with E-state index in [1.54, 1.807) is 0 Å². The number of piperazine rings is 1. The van der Waals surface area contributed by atoms with E-state index in [2.05, 4.69) is 43.0 Å². The number of nitrogens with two attached hydrogens (primary N) is 1. The number of hydrogen-bond donors (Lipinski definition) is 2. The molecule has 0 unspecified atom stereocenters. The quantitative estimate of drug-likeness (QED) is 0.645. The fourth-order valence-electron chi connectivity index (χ4n) is 4.05. The average Bonchev–Trinajstić information content (AvgIpc) is 2.71. The third-order valence-electron chi connectivity index (χ3n) is 5.68. The lowest BCUT2D eigenvalue weighted by atomic mass is 9.95. The predicted molar refractivity (Wildman–Crippen MR) is 119 cm³/mol. The number of nitrogens with one attached hydrogen (secondary N) is 1. The molecule has 3 rings (SSSR count). The molecule has 2 aromatic heterocycles. The van der Waals surface area contributed by atoms with Crippen molar-refractivity contribution in [2.75, 3.05) is 23.7 Å². The van der Waals surface area contributed by atoms with Crippen LogP contribution in [0.5, 0.6) is 0 Å². The number of hydrogen-bond acceptors (Lipinski definition) is 6. The molecule has 32 heavy (non-hydrogen) atoms. The number of aromatic nitrogens is 2. The first-order chi connectivity index (χ1) is 15.0. The zero-order valence-electron chi connectivity index (χ0n) is 18.8. The molecular weight excluding hydrogens is 419 g/mol. The lowest BCUT2D eigenvalue weighted by Crippen LogP contribution is -2.59. The van der Waals surface area contributed by atoms with Crippen LogP contribution in [0.25, 0.3) is 0 Å². The summed E-state index contributed by atoms with van der Waals surface area (Å²) < 4.78 is 41.1. The Morgan fingerprint density at radius 3 is 2.53 bits per heavy atom. The third kappa shape index (κ3) is 5.38. The minimum Gasteiger partial charge on any atom is -0.383 e. The molecule has 1 aliphatic rings. The van der Waals surface area contributed by atoms with Crippen LogP contribution in [0.4, 0.5) is 24.8 Å². The standard InChI is InChI=1S/C23H30F3N5O/c1-13(2)10-15-11-31(12-18(29-15)14(3)4)19-8-7-17(23(24,25)26)20(30-19)21(32)16-6-5-9-28-22(16)27/h5-9,13-15,18,29H,10-12H2,1-4H3,(H2,27,28)/t15-,18-/m1/s1. The van der Waals surface area contributed by atoms with Crippen molar-refractivity contribution in [2.24, 2.45) is 11.8 Å². The van der Waals surface area contributed by atoms with Gasteiger partial charge >= 0.3 is 6.18 Å². The first kappa shape index (κ1) is 24.0. The number of anilines is 2. The molecule has 9 heteroatoms. The number of nitrogens with zero attached hydrogens (tertiary/aromatic N) is 3. The number of carbonyl (C=O) groups excluding carboxylic acids is 1. The number of rotatable bonds is 6. The molecule has 2 aromatic rings. The van der Waals surface area contributed by atoms with Crippen LogP contribution in [0.15, 0.2) is 30.5 Å². The van der Waals surface area contributed by atoms with Crippen molar-refractivity contribution < 1.29 is 18.0 Å². The maximum Gasteiger partial charge on any atom is 0.418 e. The molecule has 0 bridgehead atoms. The fraction of sp³-hybridized carbons (Fsp3) is 0.522. The van der Waals surface area contributed by atoms with Crippen LogP contribution < -0.4 is 16.0 Å². The van der Waals surface area contributed by atoms with E-state index in [0.29, 0.717) is 30.7 Å². The van der Waals surface area contributed by atoms with E-state index < -0.39 is 23.2 Å². The molecule has 0 amide bonds. The second kappa shape index (κ2) is 9.44. The second-order valence-electron chi connectivity index (χ2n) is 9.08. The summed E-state index contributed by atoms with van der Waals surface area (Å²) >= 11 is 0. The smallest absolute Gasteiger partial charge is 0.383 e. The van der Waals surface area contributed by atoms with Crippen LogP contribution in [-0.2, 0) is 6.18 Å². The van der Waals surface area contributed by atoms with E-state index in [0.717, 1.165) is 12.5 Å². The van der Waals surface area contributed by atoms with E-state index in [-0.39, 0.29) is 23.5 Å². The molecule has 0 radical (unpaired) electrons. The van der Waals surface area contributed by atoms with Gasteiger partial charge in [0, 0.05) is 31.4 Å². The average molecular weight is 450 g/mol. The summed E-state index contributed by atoms with van der Waals surface area (Å²) in [5.74, 6) is 0.130. The Balaban J connectivity index is 2.03. The second-order valence-corrected chi connectivity index (χ2v) is 9.08. The first-order valence-corrected chi connectivity index (χ1v) is 10.8. The van der Waals surface area contributed by atoms with Gasteiger partial charge in [-0.05, 0) is 42.5 Å². The number of alkyl halides is 3. The number of carbonyl (C=O) groups is 1. The summed E-state index contributed by atoms with van der Waals surface area (Å²) in [5, 5.41) is 3.65. The van der Waals surface area contributed by atoms with Gasteiger partial charge in [-0.15, -0.1) is 0 Å². The topological polar surface area (TPSA) is 84.1 Å². The Kier molecular flexibility index (Phi) is 7.07. The molecule has 6 nitrogen and oxygen atoms in total. The van der Waals surface area contributed by atoms with Gasteiger partial charge < -0.3 is 16.0 Å². The molecule has 0 saturated carbocycles. The summed E-state index contributed by atoms with van der Waals surface area (Å²) in [5.41, 5.74) is 3.92. The van der Waals surface area contributed by atoms with E-state index in [1.165, 1.54) is 24.4 Å². The van der Waals surface area contributed by atoms with Crippen molar-refractivity contribution in [3.05, 3.63) is 47.3 Å².